The van der Waals surface area contributed by atoms with Crippen LogP contribution < -0.4 is 24.8 Å². The number of benzene rings is 4. The van der Waals surface area contributed by atoms with Crippen LogP contribution in [-0.2, 0) is 30.7 Å². The summed E-state index contributed by atoms with van der Waals surface area (Å²) in [5.74, 6) is 0. The van der Waals surface area contributed by atoms with E-state index in [1.54, 1.807) is 0 Å². The average molecular weight is 572 g/mol. The summed E-state index contributed by atoms with van der Waals surface area (Å²) in [5, 5.41) is 0. The van der Waals surface area contributed by atoms with Crippen molar-refractivity contribution in [3.8, 4) is 11.1 Å². The summed E-state index contributed by atoms with van der Waals surface area (Å²) < 4.78 is 1.42. The van der Waals surface area contributed by atoms with E-state index in [0.717, 1.165) is 12.8 Å². The quantitative estimate of drug-likeness (QED) is 0.288. The molecule has 0 aliphatic heterocycles. The van der Waals surface area contributed by atoms with Crippen LogP contribution in [0.4, 0.5) is 0 Å². The molecule has 0 fully saturated rings. The molecule has 2 aliphatic carbocycles. The third-order valence-electron chi connectivity index (χ3n) is 6.25. The third kappa shape index (κ3) is 6.10. The molecule has 0 N–H and O–H groups in total. The van der Waals surface area contributed by atoms with Gasteiger partial charge in [-0.3, -0.25) is 0 Å². The zero-order valence-corrected chi connectivity index (χ0v) is 23.5. The molecule has 35 heavy (non-hydrogen) atoms. The van der Waals surface area contributed by atoms with Crippen LogP contribution in [0.1, 0.15) is 39.8 Å². The van der Waals surface area contributed by atoms with Crippen molar-refractivity contribution in [2.24, 2.45) is 0 Å². The number of hydrogen-bond acceptors (Lipinski definition) is 0. The number of halogens is 2. The second kappa shape index (κ2) is 12.6. The van der Waals surface area contributed by atoms with E-state index in [1.807, 2.05) is 0 Å². The minimum atomic E-state index is 0. The molecule has 0 saturated heterocycles. The van der Waals surface area contributed by atoms with Gasteiger partial charge in [-0.05, 0) is 18.4 Å². The Bertz CT molecular complexity index is 1330. The molecule has 0 atom stereocenters. The van der Waals surface area contributed by atoms with E-state index in [4.69, 9.17) is 0 Å². The van der Waals surface area contributed by atoms with Crippen molar-refractivity contribution in [3.63, 3.8) is 0 Å². The fraction of sp³-hybridized carbons (Fsp3) is 0.0938. The van der Waals surface area contributed by atoms with Gasteiger partial charge >= 0.3 is 99.2 Å². The second-order valence-electron chi connectivity index (χ2n) is 8.48. The number of hydrogen-bond donors (Lipinski definition) is 0. The molecule has 2 aliphatic rings. The van der Waals surface area contributed by atoms with Crippen LogP contribution in [0.15, 0.2) is 109 Å². The van der Waals surface area contributed by atoms with Gasteiger partial charge in [0.05, 0.1) is 0 Å². The molecule has 0 radical (unpaired) electrons. The van der Waals surface area contributed by atoms with Crippen molar-refractivity contribution < 1.29 is 49.0 Å². The Morgan fingerprint density at radius 1 is 0.771 bits per heavy atom. The summed E-state index contributed by atoms with van der Waals surface area (Å²) in [5.41, 5.74) is 12.3. The van der Waals surface area contributed by atoms with Crippen LogP contribution in [0, 0.1) is 13.0 Å². The number of allylic oxidation sites excluding steroid dienone is 4. The van der Waals surface area contributed by atoms with E-state index in [2.05, 4.69) is 122 Å². The van der Waals surface area contributed by atoms with Crippen LogP contribution >= 0.6 is 0 Å². The zero-order valence-electron chi connectivity index (χ0n) is 19.6. The molecule has 172 valence electrons. The van der Waals surface area contributed by atoms with Gasteiger partial charge in [0.1, 0.15) is 0 Å². The molecule has 0 saturated carbocycles. The number of aryl methyl sites for hydroxylation is 1. The molecule has 0 amide bonds. The van der Waals surface area contributed by atoms with Gasteiger partial charge in [-0.2, -0.15) is 0 Å². The molecule has 3 heteroatoms. The molecule has 0 spiro atoms. The normalized spacial score (nSPS) is 12.3. The maximum atomic E-state index is 3.67. The Morgan fingerprint density at radius 3 is 1.97 bits per heavy atom. The van der Waals surface area contributed by atoms with Gasteiger partial charge in [-0.1, -0.05) is 54.5 Å². The molecule has 6 rings (SSSR count). The first-order valence-electron chi connectivity index (χ1n) is 11.4. The van der Waals surface area contributed by atoms with Crippen LogP contribution in [0.5, 0.6) is 0 Å². The van der Waals surface area contributed by atoms with Crippen molar-refractivity contribution in [2.75, 3.05) is 0 Å². The van der Waals surface area contributed by atoms with E-state index in [0.29, 0.717) is 0 Å². The predicted octanol–water partition coefficient (Wildman–Crippen LogP) is 1.52. The first-order chi connectivity index (χ1) is 16.2. The Morgan fingerprint density at radius 2 is 1.37 bits per heavy atom. The van der Waals surface area contributed by atoms with Gasteiger partial charge in [-0.15, -0.1) is 40.5 Å². The topological polar surface area (TPSA) is 0 Å². The Kier molecular flexibility index (Phi) is 9.82. The monoisotopic (exact) mass is 569 g/mol. The van der Waals surface area contributed by atoms with Gasteiger partial charge in [0.15, 0.2) is 0 Å². The summed E-state index contributed by atoms with van der Waals surface area (Å²) in [7, 11) is 0. The Labute approximate surface area is 236 Å². The van der Waals surface area contributed by atoms with E-state index in [9.17, 15) is 0 Å². The third-order valence-corrected chi connectivity index (χ3v) is 7.67. The van der Waals surface area contributed by atoms with E-state index in [1.165, 1.54) is 77.5 Å². The van der Waals surface area contributed by atoms with E-state index in [-0.39, 0.29) is 24.8 Å². The zero-order chi connectivity index (χ0) is 22.6. The van der Waals surface area contributed by atoms with Crippen LogP contribution in [0.3, 0.4) is 0 Å². The molecule has 0 unspecified atom stereocenters. The van der Waals surface area contributed by atoms with Crippen molar-refractivity contribution >= 4 is 8.78 Å². The van der Waals surface area contributed by atoms with Crippen molar-refractivity contribution in [1.29, 1.82) is 0 Å². The van der Waals surface area contributed by atoms with Crippen molar-refractivity contribution in [2.45, 2.75) is 19.8 Å². The molecular formula is C32H25Cl2Zr-. The first kappa shape index (κ1) is 27.3. The van der Waals surface area contributed by atoms with Gasteiger partial charge < -0.3 is 24.8 Å². The minimum absolute atomic E-state index is 0. The van der Waals surface area contributed by atoms with Crippen molar-refractivity contribution in [1.82, 2.24) is 0 Å². The van der Waals surface area contributed by atoms with Gasteiger partial charge in [0.2, 0.25) is 0 Å². The summed E-state index contributed by atoms with van der Waals surface area (Å²) in [6.45, 7) is 2.20. The van der Waals surface area contributed by atoms with E-state index < -0.39 is 0 Å². The number of fused-ring (bicyclic) bond motifs is 3. The molecule has 4 aromatic carbocycles. The van der Waals surface area contributed by atoms with Crippen LogP contribution in [0.25, 0.3) is 16.7 Å². The van der Waals surface area contributed by atoms with Gasteiger partial charge in [0.25, 0.3) is 0 Å². The molecule has 0 heterocycles. The fourth-order valence-corrected chi connectivity index (χ4v) is 5.36. The SMILES string of the molecule is Cc1cc2c([c-]c1C1=CC=CC1)Cc1ccccc1-2.[Cl-].[Cl-].[Zr+2]=[C](c1ccccc1)c1ccccc1. The molecule has 4 aromatic rings. The summed E-state index contributed by atoms with van der Waals surface area (Å²) >= 11 is 1.46. The predicted molar refractivity (Wildman–Crippen MR) is 136 cm³/mol. The van der Waals surface area contributed by atoms with Crippen LogP contribution in [-0.4, -0.2) is 3.21 Å². The molecule has 0 aromatic heterocycles. The van der Waals surface area contributed by atoms with Crippen LogP contribution in [0.2, 0.25) is 0 Å². The number of rotatable bonds is 3. The summed E-state index contributed by atoms with van der Waals surface area (Å²) in [6.07, 6.45) is 8.64. The van der Waals surface area contributed by atoms with Gasteiger partial charge in [-0.25, -0.2) is 0 Å². The average Bonchev–Trinajstić information content (AvgIpc) is 3.53. The molecule has 0 nitrogen and oxygen atoms in total. The summed E-state index contributed by atoms with van der Waals surface area (Å²) in [6, 6.07) is 35.8. The fourth-order valence-electron chi connectivity index (χ4n) is 4.54. The molecular weight excluding hydrogens is 546 g/mol. The van der Waals surface area contributed by atoms with Gasteiger partial charge in [0, 0.05) is 0 Å². The Balaban J connectivity index is 0.000000193. The Hall–Kier alpha value is -2.31. The standard InChI is InChI=1S/C19H15.C13H10.2ClH.Zr/c1-13-10-19-16(11-15-8-4-5-9-17(15)19)12-18(13)14-6-2-3-7-14;1-3-7-12(8-4-1)11-13-9-5-2-6-10-13;;;/h2-6,8-10H,7,11H2,1H3;1-10H;2*1H;/q-1;;;;+2/p-2. The van der Waals surface area contributed by atoms with Crippen molar-refractivity contribution in [3.05, 3.63) is 149 Å². The summed E-state index contributed by atoms with van der Waals surface area (Å²) in [4.78, 5) is 0. The maximum absolute atomic E-state index is 3.67. The molecule has 0 bridgehead atoms. The van der Waals surface area contributed by atoms with E-state index >= 15 is 0 Å². The first-order valence-corrected chi connectivity index (χ1v) is 12.6. The second-order valence-corrected chi connectivity index (χ2v) is 9.71.